The highest BCUT2D eigenvalue weighted by molar-refractivity contribution is 5.95. The van der Waals surface area contributed by atoms with Crippen LogP contribution >= 0.6 is 0 Å². The van der Waals surface area contributed by atoms with E-state index in [0.29, 0.717) is 5.75 Å². The molecule has 0 radical (unpaired) electrons. The highest BCUT2D eigenvalue weighted by Crippen LogP contribution is 2.16. The van der Waals surface area contributed by atoms with E-state index in [-0.39, 0.29) is 24.1 Å². The number of amides is 2. The van der Waals surface area contributed by atoms with E-state index in [9.17, 15) is 9.59 Å². The van der Waals surface area contributed by atoms with Crippen LogP contribution in [0.25, 0.3) is 0 Å². The number of benzene rings is 1. The summed E-state index contributed by atoms with van der Waals surface area (Å²) in [5.74, 6) is -0.427. The summed E-state index contributed by atoms with van der Waals surface area (Å²) in [7, 11) is 0. The summed E-state index contributed by atoms with van der Waals surface area (Å²) in [5, 5.41) is 2.90. The molecule has 0 aliphatic rings. The minimum atomic E-state index is -0.569. The lowest BCUT2D eigenvalue weighted by Crippen LogP contribution is -2.36. The number of hydrogen-bond donors (Lipinski definition) is 2. The predicted molar refractivity (Wildman–Crippen MR) is 86.8 cm³/mol. The molecule has 1 atom stereocenters. The third-order valence-corrected chi connectivity index (χ3v) is 3.41. The molecule has 0 aliphatic heterocycles. The van der Waals surface area contributed by atoms with Crippen LogP contribution in [0.3, 0.4) is 0 Å². The molecule has 22 heavy (non-hydrogen) atoms. The van der Waals surface area contributed by atoms with E-state index in [0.717, 1.165) is 12.8 Å². The molecule has 0 saturated carbocycles. The van der Waals surface area contributed by atoms with Crippen molar-refractivity contribution >= 4 is 11.8 Å². The Kier molecular flexibility index (Phi) is 8.04. The van der Waals surface area contributed by atoms with Crippen molar-refractivity contribution < 1.29 is 14.3 Å². The van der Waals surface area contributed by atoms with Gasteiger partial charge in [0, 0.05) is 6.04 Å². The van der Waals surface area contributed by atoms with Crippen LogP contribution in [-0.4, -0.2) is 24.5 Å². The number of primary amides is 1. The van der Waals surface area contributed by atoms with Gasteiger partial charge in [-0.2, -0.15) is 0 Å². The van der Waals surface area contributed by atoms with Gasteiger partial charge in [0.2, 0.25) is 0 Å². The van der Waals surface area contributed by atoms with Crippen LogP contribution in [0, 0.1) is 0 Å². The Morgan fingerprint density at radius 1 is 1.23 bits per heavy atom. The topological polar surface area (TPSA) is 81.4 Å². The maximum Gasteiger partial charge on any atom is 0.258 e. The number of carbonyl (C=O) groups is 2. The molecule has 0 aliphatic carbocycles. The fourth-order valence-electron chi connectivity index (χ4n) is 2.21. The summed E-state index contributed by atoms with van der Waals surface area (Å²) in [6.07, 6.45) is 5.70. The van der Waals surface area contributed by atoms with Gasteiger partial charge >= 0.3 is 0 Å². The molecule has 5 heteroatoms. The lowest BCUT2D eigenvalue weighted by molar-refractivity contribution is -0.123. The van der Waals surface area contributed by atoms with Gasteiger partial charge in [0.05, 0.1) is 5.56 Å². The second-order valence-electron chi connectivity index (χ2n) is 5.47. The van der Waals surface area contributed by atoms with Crippen molar-refractivity contribution in [3.05, 3.63) is 29.8 Å². The van der Waals surface area contributed by atoms with Gasteiger partial charge in [-0.3, -0.25) is 9.59 Å². The molecular weight excluding hydrogens is 280 g/mol. The monoisotopic (exact) mass is 306 g/mol. The first-order valence-corrected chi connectivity index (χ1v) is 7.85. The van der Waals surface area contributed by atoms with Crippen LogP contribution in [0.2, 0.25) is 0 Å². The highest BCUT2D eigenvalue weighted by atomic mass is 16.5. The molecule has 3 N–H and O–H groups in total. The average molecular weight is 306 g/mol. The summed E-state index contributed by atoms with van der Waals surface area (Å²) in [4.78, 5) is 23.1. The molecule has 0 bridgehead atoms. The van der Waals surface area contributed by atoms with Crippen LogP contribution in [0.15, 0.2) is 24.3 Å². The molecule has 0 heterocycles. The van der Waals surface area contributed by atoms with Gasteiger partial charge in [0.15, 0.2) is 6.61 Å². The summed E-state index contributed by atoms with van der Waals surface area (Å²) in [5.41, 5.74) is 5.54. The van der Waals surface area contributed by atoms with Crippen molar-refractivity contribution in [3.8, 4) is 5.75 Å². The molecule has 5 nitrogen and oxygen atoms in total. The number of unbranched alkanes of at least 4 members (excludes halogenated alkanes) is 3. The van der Waals surface area contributed by atoms with Crippen molar-refractivity contribution in [1.82, 2.24) is 5.32 Å². The van der Waals surface area contributed by atoms with Crippen molar-refractivity contribution in [1.29, 1.82) is 0 Å². The quantitative estimate of drug-likeness (QED) is 0.652. The van der Waals surface area contributed by atoms with Gasteiger partial charge in [0.25, 0.3) is 11.8 Å². The normalized spacial score (nSPS) is 11.7. The zero-order valence-electron chi connectivity index (χ0n) is 13.4. The maximum absolute atomic E-state index is 11.8. The van der Waals surface area contributed by atoms with E-state index >= 15 is 0 Å². The molecule has 0 fully saturated rings. The number of carbonyl (C=O) groups excluding carboxylic acids is 2. The molecule has 0 unspecified atom stereocenters. The van der Waals surface area contributed by atoms with Gasteiger partial charge < -0.3 is 15.8 Å². The Hall–Kier alpha value is -2.04. The first kappa shape index (κ1) is 18.0. The van der Waals surface area contributed by atoms with Gasteiger partial charge in [-0.1, -0.05) is 44.7 Å². The third-order valence-electron chi connectivity index (χ3n) is 3.41. The number of para-hydroxylation sites is 1. The number of nitrogens with two attached hydrogens (primary N) is 1. The summed E-state index contributed by atoms with van der Waals surface area (Å²) in [6, 6.07) is 6.76. The van der Waals surface area contributed by atoms with Crippen LogP contribution < -0.4 is 15.8 Å². The lowest BCUT2D eigenvalue weighted by atomic mass is 10.1. The summed E-state index contributed by atoms with van der Waals surface area (Å²) >= 11 is 0. The van der Waals surface area contributed by atoms with Gasteiger partial charge in [-0.15, -0.1) is 0 Å². The smallest absolute Gasteiger partial charge is 0.258 e. The zero-order chi connectivity index (χ0) is 16.4. The average Bonchev–Trinajstić information content (AvgIpc) is 2.49. The molecule has 1 aromatic rings. The van der Waals surface area contributed by atoms with Crippen LogP contribution in [0.4, 0.5) is 0 Å². The highest BCUT2D eigenvalue weighted by Gasteiger charge is 2.11. The van der Waals surface area contributed by atoms with E-state index < -0.39 is 5.91 Å². The SMILES string of the molecule is CCCCCC[C@H](C)NC(=O)COc1ccccc1C(N)=O. The minimum Gasteiger partial charge on any atom is -0.483 e. The van der Waals surface area contributed by atoms with Crippen LogP contribution in [-0.2, 0) is 4.79 Å². The number of ether oxygens (including phenoxy) is 1. The number of nitrogens with one attached hydrogen (secondary N) is 1. The first-order valence-electron chi connectivity index (χ1n) is 7.85. The van der Waals surface area contributed by atoms with E-state index in [1.807, 2.05) is 6.92 Å². The minimum absolute atomic E-state index is 0.121. The largest absolute Gasteiger partial charge is 0.483 e. The Balaban J connectivity index is 2.35. The van der Waals surface area contributed by atoms with E-state index in [2.05, 4.69) is 12.2 Å². The number of rotatable bonds is 10. The Labute approximate surface area is 132 Å². The van der Waals surface area contributed by atoms with Gasteiger partial charge in [-0.25, -0.2) is 0 Å². The molecule has 0 saturated heterocycles. The second-order valence-corrected chi connectivity index (χ2v) is 5.47. The standard InChI is InChI=1S/C17H26N2O3/c1-3-4-5-6-9-13(2)19-16(20)12-22-15-11-8-7-10-14(15)17(18)21/h7-8,10-11,13H,3-6,9,12H2,1-2H3,(H2,18,21)(H,19,20)/t13-/m0/s1. The van der Waals surface area contributed by atoms with E-state index in [1.165, 1.54) is 19.3 Å². The van der Waals surface area contributed by atoms with Crippen molar-refractivity contribution in [2.24, 2.45) is 5.73 Å². The van der Waals surface area contributed by atoms with E-state index in [4.69, 9.17) is 10.5 Å². The molecule has 1 rings (SSSR count). The Bertz CT molecular complexity index is 489. The Morgan fingerprint density at radius 2 is 1.95 bits per heavy atom. The van der Waals surface area contributed by atoms with Crippen molar-refractivity contribution in [3.63, 3.8) is 0 Å². The van der Waals surface area contributed by atoms with E-state index in [1.54, 1.807) is 24.3 Å². The summed E-state index contributed by atoms with van der Waals surface area (Å²) in [6.45, 7) is 4.04. The van der Waals surface area contributed by atoms with Crippen LogP contribution in [0.5, 0.6) is 5.75 Å². The summed E-state index contributed by atoms with van der Waals surface area (Å²) < 4.78 is 5.39. The fraction of sp³-hybridized carbons (Fsp3) is 0.529. The molecule has 0 spiro atoms. The van der Waals surface area contributed by atoms with Crippen LogP contribution in [0.1, 0.15) is 56.3 Å². The fourth-order valence-corrected chi connectivity index (χ4v) is 2.21. The molecular formula is C17H26N2O3. The number of hydrogen-bond acceptors (Lipinski definition) is 3. The first-order chi connectivity index (χ1) is 10.5. The van der Waals surface area contributed by atoms with Crippen molar-refractivity contribution in [2.45, 2.75) is 52.0 Å². The van der Waals surface area contributed by atoms with Crippen molar-refractivity contribution in [2.75, 3.05) is 6.61 Å². The molecule has 0 aromatic heterocycles. The lowest BCUT2D eigenvalue weighted by Gasteiger charge is -2.14. The maximum atomic E-state index is 11.8. The zero-order valence-corrected chi connectivity index (χ0v) is 13.4. The third kappa shape index (κ3) is 6.61. The molecule has 122 valence electrons. The molecule has 1 aromatic carbocycles. The molecule has 2 amide bonds. The predicted octanol–water partition coefficient (Wildman–Crippen LogP) is 2.64. The van der Waals surface area contributed by atoms with Gasteiger partial charge in [0.1, 0.15) is 5.75 Å². The Morgan fingerprint density at radius 3 is 2.64 bits per heavy atom. The van der Waals surface area contributed by atoms with Gasteiger partial charge in [-0.05, 0) is 25.5 Å². The second kappa shape index (κ2) is 9.82.